The van der Waals surface area contributed by atoms with Gasteiger partial charge >= 0.3 is 0 Å². The molecule has 0 spiro atoms. The maximum Gasteiger partial charge on any atom is 0.226 e. The van der Waals surface area contributed by atoms with Crippen molar-refractivity contribution in [3.63, 3.8) is 0 Å². The van der Waals surface area contributed by atoms with Crippen molar-refractivity contribution in [2.75, 3.05) is 0 Å². The second-order valence-electron chi connectivity index (χ2n) is 3.22. The molecular weight excluding hydrogens is 142 g/mol. The predicted molar refractivity (Wildman–Crippen MR) is 41.2 cm³/mol. The second kappa shape index (κ2) is 2.34. The highest BCUT2D eigenvalue weighted by Crippen LogP contribution is 2.20. The van der Waals surface area contributed by atoms with E-state index >= 15 is 0 Å². The van der Waals surface area contributed by atoms with Crippen LogP contribution in [0.25, 0.3) is 0 Å². The SMILES string of the molecule is Cc1nc(C(C)(C)O)oc1C. The summed E-state index contributed by atoms with van der Waals surface area (Å²) in [5.74, 6) is 1.15. The molecule has 0 unspecified atom stereocenters. The molecule has 3 nitrogen and oxygen atoms in total. The van der Waals surface area contributed by atoms with E-state index in [-0.39, 0.29) is 0 Å². The Labute approximate surface area is 66.1 Å². The van der Waals surface area contributed by atoms with Gasteiger partial charge in [-0.05, 0) is 27.7 Å². The maximum atomic E-state index is 9.47. The van der Waals surface area contributed by atoms with Gasteiger partial charge in [0.25, 0.3) is 0 Å². The Morgan fingerprint density at radius 3 is 2.09 bits per heavy atom. The number of rotatable bonds is 1. The summed E-state index contributed by atoms with van der Waals surface area (Å²) < 4.78 is 5.22. The number of oxazole rings is 1. The Morgan fingerprint density at radius 2 is 1.91 bits per heavy atom. The van der Waals surface area contributed by atoms with Crippen LogP contribution >= 0.6 is 0 Å². The van der Waals surface area contributed by atoms with E-state index in [1.54, 1.807) is 13.8 Å². The minimum absolute atomic E-state index is 0.382. The Bertz CT molecular complexity index is 238. The first kappa shape index (κ1) is 8.27. The fourth-order valence-corrected chi connectivity index (χ4v) is 0.734. The molecule has 0 amide bonds. The molecule has 62 valence electrons. The average Bonchev–Trinajstić information content (AvgIpc) is 2.11. The number of hydrogen-bond acceptors (Lipinski definition) is 3. The molecule has 1 heterocycles. The van der Waals surface area contributed by atoms with E-state index in [4.69, 9.17) is 4.42 Å². The molecule has 1 aromatic rings. The molecule has 0 fully saturated rings. The minimum atomic E-state index is -0.973. The van der Waals surface area contributed by atoms with E-state index in [0.717, 1.165) is 11.5 Å². The summed E-state index contributed by atoms with van der Waals surface area (Å²) in [5, 5.41) is 9.47. The van der Waals surface area contributed by atoms with Crippen molar-refractivity contribution in [1.82, 2.24) is 4.98 Å². The molecule has 0 bridgehead atoms. The minimum Gasteiger partial charge on any atom is -0.443 e. The average molecular weight is 155 g/mol. The molecule has 1 aromatic heterocycles. The van der Waals surface area contributed by atoms with E-state index in [2.05, 4.69) is 4.98 Å². The predicted octanol–water partition coefficient (Wildman–Crippen LogP) is 1.52. The molecule has 0 aliphatic rings. The summed E-state index contributed by atoms with van der Waals surface area (Å²) in [7, 11) is 0. The van der Waals surface area contributed by atoms with Crippen LogP contribution in [0.1, 0.15) is 31.2 Å². The van der Waals surface area contributed by atoms with Gasteiger partial charge in [0.2, 0.25) is 5.89 Å². The third kappa shape index (κ3) is 1.60. The van der Waals surface area contributed by atoms with Gasteiger partial charge in [-0.2, -0.15) is 0 Å². The highest BCUT2D eigenvalue weighted by Gasteiger charge is 2.22. The zero-order valence-corrected chi connectivity index (χ0v) is 7.30. The third-order valence-electron chi connectivity index (χ3n) is 1.55. The van der Waals surface area contributed by atoms with Crippen LogP contribution in [0.3, 0.4) is 0 Å². The standard InChI is InChI=1S/C8H13NO2/c1-5-6(2)11-7(9-5)8(3,4)10/h10H,1-4H3. The van der Waals surface area contributed by atoms with Crippen molar-refractivity contribution in [3.05, 3.63) is 17.3 Å². The molecule has 0 saturated carbocycles. The molecular formula is C8H13NO2. The van der Waals surface area contributed by atoms with Gasteiger partial charge in [-0.3, -0.25) is 0 Å². The van der Waals surface area contributed by atoms with Crippen LogP contribution in [0, 0.1) is 13.8 Å². The molecule has 0 atom stereocenters. The normalized spacial score (nSPS) is 12.1. The molecule has 1 rings (SSSR count). The number of aryl methyl sites for hydroxylation is 2. The molecule has 0 saturated heterocycles. The zero-order chi connectivity index (χ0) is 8.65. The van der Waals surface area contributed by atoms with E-state index in [1.165, 1.54) is 0 Å². The van der Waals surface area contributed by atoms with Gasteiger partial charge in [-0.25, -0.2) is 4.98 Å². The van der Waals surface area contributed by atoms with Crippen molar-refractivity contribution >= 4 is 0 Å². The quantitative estimate of drug-likeness (QED) is 0.668. The first-order valence-electron chi connectivity index (χ1n) is 3.58. The van der Waals surface area contributed by atoms with Gasteiger partial charge in [0.15, 0.2) is 0 Å². The number of nitrogens with zero attached hydrogens (tertiary/aromatic N) is 1. The van der Waals surface area contributed by atoms with Gasteiger partial charge in [-0.1, -0.05) is 0 Å². The van der Waals surface area contributed by atoms with Crippen LogP contribution in [-0.2, 0) is 5.60 Å². The molecule has 11 heavy (non-hydrogen) atoms. The lowest BCUT2D eigenvalue weighted by Crippen LogP contribution is -2.15. The fraction of sp³-hybridized carbons (Fsp3) is 0.625. The monoisotopic (exact) mass is 155 g/mol. The lowest BCUT2D eigenvalue weighted by Gasteiger charge is -2.10. The van der Waals surface area contributed by atoms with Crippen LogP contribution in [0.15, 0.2) is 4.42 Å². The Balaban J connectivity index is 3.08. The van der Waals surface area contributed by atoms with Gasteiger partial charge in [0, 0.05) is 0 Å². The highest BCUT2D eigenvalue weighted by atomic mass is 16.4. The molecule has 0 radical (unpaired) electrons. The van der Waals surface area contributed by atoms with Crippen LogP contribution in [0.4, 0.5) is 0 Å². The van der Waals surface area contributed by atoms with Gasteiger partial charge in [0.05, 0.1) is 5.69 Å². The highest BCUT2D eigenvalue weighted by molar-refractivity contribution is 5.08. The summed E-state index contributed by atoms with van der Waals surface area (Å²) in [6, 6.07) is 0. The first-order valence-corrected chi connectivity index (χ1v) is 3.58. The van der Waals surface area contributed by atoms with E-state index in [9.17, 15) is 5.11 Å². The topological polar surface area (TPSA) is 46.3 Å². The van der Waals surface area contributed by atoms with Crippen molar-refractivity contribution in [1.29, 1.82) is 0 Å². The molecule has 3 heteroatoms. The van der Waals surface area contributed by atoms with Crippen LogP contribution in [0.2, 0.25) is 0 Å². The number of aromatic nitrogens is 1. The number of hydrogen-bond donors (Lipinski definition) is 1. The first-order chi connectivity index (χ1) is 4.91. The number of aliphatic hydroxyl groups is 1. The van der Waals surface area contributed by atoms with Crippen LogP contribution < -0.4 is 0 Å². The van der Waals surface area contributed by atoms with E-state index in [0.29, 0.717) is 5.89 Å². The Kier molecular flexibility index (Phi) is 1.76. The molecule has 0 aliphatic heterocycles. The summed E-state index contributed by atoms with van der Waals surface area (Å²) in [5.41, 5.74) is -0.138. The van der Waals surface area contributed by atoms with Gasteiger partial charge in [-0.15, -0.1) is 0 Å². The van der Waals surface area contributed by atoms with E-state index in [1.807, 2.05) is 13.8 Å². The summed E-state index contributed by atoms with van der Waals surface area (Å²) >= 11 is 0. The van der Waals surface area contributed by atoms with Crippen molar-refractivity contribution in [3.8, 4) is 0 Å². The largest absolute Gasteiger partial charge is 0.443 e. The third-order valence-corrected chi connectivity index (χ3v) is 1.55. The molecule has 1 N–H and O–H groups in total. The fourth-order valence-electron chi connectivity index (χ4n) is 0.734. The smallest absolute Gasteiger partial charge is 0.226 e. The van der Waals surface area contributed by atoms with Gasteiger partial charge in [0.1, 0.15) is 11.4 Å². The Morgan fingerprint density at radius 1 is 1.36 bits per heavy atom. The summed E-state index contributed by atoms with van der Waals surface area (Å²) in [4.78, 5) is 4.06. The van der Waals surface area contributed by atoms with E-state index < -0.39 is 5.60 Å². The van der Waals surface area contributed by atoms with Crippen molar-refractivity contribution < 1.29 is 9.52 Å². The van der Waals surface area contributed by atoms with Gasteiger partial charge < -0.3 is 9.52 Å². The second-order valence-corrected chi connectivity index (χ2v) is 3.22. The maximum absolute atomic E-state index is 9.47. The lowest BCUT2D eigenvalue weighted by atomic mass is 10.1. The van der Waals surface area contributed by atoms with Crippen molar-refractivity contribution in [2.24, 2.45) is 0 Å². The molecule has 0 aromatic carbocycles. The summed E-state index contributed by atoms with van der Waals surface area (Å²) in [6.07, 6.45) is 0. The van der Waals surface area contributed by atoms with Crippen molar-refractivity contribution in [2.45, 2.75) is 33.3 Å². The Hall–Kier alpha value is -0.830. The van der Waals surface area contributed by atoms with Crippen LogP contribution in [0.5, 0.6) is 0 Å². The van der Waals surface area contributed by atoms with Crippen LogP contribution in [-0.4, -0.2) is 10.1 Å². The molecule has 0 aliphatic carbocycles. The lowest BCUT2D eigenvalue weighted by molar-refractivity contribution is 0.0475. The zero-order valence-electron chi connectivity index (χ0n) is 7.30. The summed E-state index contributed by atoms with van der Waals surface area (Å²) in [6.45, 7) is 6.99.